The average Bonchev–Trinajstić information content (AvgIpc) is 2.50. The molecule has 0 aliphatic heterocycles. The van der Waals surface area contributed by atoms with E-state index in [-0.39, 0.29) is 29.9 Å². The van der Waals surface area contributed by atoms with E-state index in [9.17, 15) is 14.7 Å². The molecule has 120 valence electrons. The van der Waals surface area contributed by atoms with E-state index in [1.54, 1.807) is 12.1 Å². The maximum Gasteiger partial charge on any atom is 0.342 e. The van der Waals surface area contributed by atoms with Gasteiger partial charge in [0.2, 0.25) is 0 Å². The first-order valence-corrected chi connectivity index (χ1v) is 7.73. The van der Waals surface area contributed by atoms with E-state index in [4.69, 9.17) is 4.74 Å². The molecular weight excluding hydrogens is 282 g/mol. The van der Waals surface area contributed by atoms with E-state index in [1.807, 2.05) is 0 Å². The number of esters is 1. The Morgan fingerprint density at radius 3 is 2.73 bits per heavy atom. The fourth-order valence-electron chi connectivity index (χ4n) is 2.89. The molecule has 2 rings (SSSR count). The molecule has 0 radical (unpaired) electrons. The van der Waals surface area contributed by atoms with Gasteiger partial charge in [-0.1, -0.05) is 38.8 Å². The first-order valence-electron chi connectivity index (χ1n) is 7.73. The largest absolute Gasteiger partial charge is 0.507 e. The van der Waals surface area contributed by atoms with Crippen LogP contribution < -0.4 is 5.32 Å². The highest BCUT2D eigenvalue weighted by atomic mass is 16.5. The molecule has 22 heavy (non-hydrogen) atoms. The Hall–Kier alpha value is -2.04. The number of rotatable bonds is 4. The fourth-order valence-corrected chi connectivity index (χ4v) is 2.89. The number of nitrogens with one attached hydrogen (secondary N) is 1. The minimum absolute atomic E-state index is 0.0648. The quantitative estimate of drug-likeness (QED) is 0.838. The van der Waals surface area contributed by atoms with Gasteiger partial charge in [-0.25, -0.2) is 4.79 Å². The van der Waals surface area contributed by atoms with Gasteiger partial charge in [0.25, 0.3) is 5.91 Å². The van der Waals surface area contributed by atoms with Crippen LogP contribution in [-0.2, 0) is 9.53 Å². The summed E-state index contributed by atoms with van der Waals surface area (Å²) in [4.78, 5) is 23.7. The lowest BCUT2D eigenvalue weighted by Crippen LogP contribution is -2.45. The normalized spacial score (nSPS) is 24.5. The van der Waals surface area contributed by atoms with Crippen molar-refractivity contribution in [2.75, 3.05) is 6.61 Å². The Bertz CT molecular complexity index is 543. The zero-order valence-corrected chi connectivity index (χ0v) is 13.0. The van der Waals surface area contributed by atoms with Crippen LogP contribution in [0.5, 0.6) is 5.75 Å². The lowest BCUT2D eigenvalue weighted by Gasteiger charge is -2.34. The van der Waals surface area contributed by atoms with Gasteiger partial charge in [0.15, 0.2) is 6.61 Å². The number of para-hydroxylation sites is 1. The summed E-state index contributed by atoms with van der Waals surface area (Å²) >= 11 is 0. The molecule has 1 amide bonds. The summed E-state index contributed by atoms with van der Waals surface area (Å²) in [6, 6.07) is 6.24. The fraction of sp³-hybridized carbons (Fsp3) is 0.529. The second-order valence-electron chi connectivity index (χ2n) is 6.03. The third-order valence-corrected chi connectivity index (χ3v) is 4.51. The van der Waals surface area contributed by atoms with Gasteiger partial charge in [0.05, 0.1) is 0 Å². The van der Waals surface area contributed by atoms with E-state index in [0.717, 1.165) is 12.8 Å². The molecule has 1 aromatic carbocycles. The van der Waals surface area contributed by atoms with E-state index in [1.165, 1.54) is 18.6 Å². The molecule has 1 aromatic rings. The van der Waals surface area contributed by atoms with Crippen molar-refractivity contribution in [2.45, 2.75) is 39.2 Å². The number of aromatic hydroxyl groups is 1. The maximum atomic E-state index is 11.9. The highest BCUT2D eigenvalue weighted by Gasteiger charge is 2.28. The smallest absolute Gasteiger partial charge is 0.342 e. The Kier molecular flexibility index (Phi) is 5.41. The highest BCUT2D eigenvalue weighted by Crippen LogP contribution is 2.29. The maximum absolute atomic E-state index is 11.9. The van der Waals surface area contributed by atoms with Crippen LogP contribution in [0.4, 0.5) is 0 Å². The lowest BCUT2D eigenvalue weighted by molar-refractivity contribution is -0.125. The Labute approximate surface area is 130 Å². The number of carbonyl (C=O) groups is 2. The van der Waals surface area contributed by atoms with Gasteiger partial charge >= 0.3 is 5.97 Å². The molecule has 0 saturated heterocycles. The number of ether oxygens (including phenoxy) is 1. The van der Waals surface area contributed by atoms with Gasteiger partial charge in [-0.05, 0) is 30.4 Å². The van der Waals surface area contributed by atoms with Crippen molar-refractivity contribution >= 4 is 11.9 Å². The number of phenolic OH excluding ortho intramolecular Hbond substituents is 1. The summed E-state index contributed by atoms with van der Waals surface area (Å²) in [6.07, 6.45) is 3.26. The first-order chi connectivity index (χ1) is 10.5. The van der Waals surface area contributed by atoms with Crippen molar-refractivity contribution in [3.63, 3.8) is 0 Å². The Morgan fingerprint density at radius 1 is 1.27 bits per heavy atom. The minimum Gasteiger partial charge on any atom is -0.507 e. The molecule has 0 spiro atoms. The molecule has 0 heterocycles. The third kappa shape index (κ3) is 4.00. The molecule has 1 fully saturated rings. The SMILES string of the molecule is C[C@H]1[C@H](C)CCC[C@@H]1NC(=O)COC(=O)c1ccccc1O. The van der Waals surface area contributed by atoms with Gasteiger partial charge in [0, 0.05) is 6.04 Å². The number of hydrogen-bond donors (Lipinski definition) is 2. The molecule has 3 atom stereocenters. The van der Waals surface area contributed by atoms with Gasteiger partial charge in [-0.15, -0.1) is 0 Å². The monoisotopic (exact) mass is 305 g/mol. The molecule has 5 heteroatoms. The third-order valence-electron chi connectivity index (χ3n) is 4.51. The standard InChI is InChI=1S/C17H23NO4/c1-11-6-5-8-14(12(11)2)18-16(20)10-22-17(21)13-7-3-4-9-15(13)19/h3-4,7,9,11-12,14,19H,5-6,8,10H2,1-2H3,(H,18,20)/t11-,12+,14+/m1/s1. The van der Waals surface area contributed by atoms with Crippen LogP contribution in [0.2, 0.25) is 0 Å². The van der Waals surface area contributed by atoms with Gasteiger partial charge in [0.1, 0.15) is 11.3 Å². The summed E-state index contributed by atoms with van der Waals surface area (Å²) in [5.74, 6) is -0.134. The molecule has 5 nitrogen and oxygen atoms in total. The molecule has 2 N–H and O–H groups in total. The van der Waals surface area contributed by atoms with Gasteiger partial charge in [-0.3, -0.25) is 4.79 Å². The Morgan fingerprint density at radius 2 is 2.00 bits per heavy atom. The summed E-state index contributed by atoms with van der Waals surface area (Å²) in [5, 5.41) is 12.5. The van der Waals surface area contributed by atoms with Crippen molar-refractivity contribution in [1.29, 1.82) is 0 Å². The van der Waals surface area contributed by atoms with E-state index in [2.05, 4.69) is 19.2 Å². The number of amides is 1. The lowest BCUT2D eigenvalue weighted by atomic mass is 9.78. The summed E-state index contributed by atoms with van der Waals surface area (Å²) < 4.78 is 4.96. The second kappa shape index (κ2) is 7.29. The predicted molar refractivity (Wildman–Crippen MR) is 82.5 cm³/mol. The van der Waals surface area contributed by atoms with Crippen LogP contribution >= 0.6 is 0 Å². The van der Waals surface area contributed by atoms with E-state index >= 15 is 0 Å². The summed E-state index contributed by atoms with van der Waals surface area (Å²) in [7, 11) is 0. The number of benzene rings is 1. The molecule has 1 aliphatic rings. The summed E-state index contributed by atoms with van der Waals surface area (Å²) in [6.45, 7) is 4.01. The zero-order chi connectivity index (χ0) is 16.1. The van der Waals surface area contributed by atoms with Crippen molar-refractivity contribution < 1.29 is 19.4 Å². The molecule has 1 aliphatic carbocycles. The van der Waals surface area contributed by atoms with Crippen molar-refractivity contribution in [1.82, 2.24) is 5.32 Å². The number of hydrogen-bond acceptors (Lipinski definition) is 4. The number of carbonyl (C=O) groups excluding carboxylic acids is 2. The van der Waals surface area contributed by atoms with Crippen LogP contribution in [-0.4, -0.2) is 29.6 Å². The van der Waals surface area contributed by atoms with E-state index < -0.39 is 5.97 Å². The summed E-state index contributed by atoms with van der Waals surface area (Å²) in [5.41, 5.74) is 0.0648. The van der Waals surface area contributed by atoms with Crippen LogP contribution in [0.1, 0.15) is 43.5 Å². The Balaban J connectivity index is 1.83. The molecule has 0 bridgehead atoms. The highest BCUT2D eigenvalue weighted by molar-refractivity contribution is 5.93. The van der Waals surface area contributed by atoms with Crippen LogP contribution in [0.25, 0.3) is 0 Å². The van der Waals surface area contributed by atoms with Crippen LogP contribution in [0.15, 0.2) is 24.3 Å². The topological polar surface area (TPSA) is 75.6 Å². The molecule has 1 saturated carbocycles. The molecule has 0 aromatic heterocycles. The minimum atomic E-state index is -0.696. The van der Waals surface area contributed by atoms with Crippen molar-refractivity contribution in [3.05, 3.63) is 29.8 Å². The predicted octanol–water partition coefficient (Wildman–Crippen LogP) is 2.49. The van der Waals surface area contributed by atoms with Crippen molar-refractivity contribution in [2.24, 2.45) is 11.8 Å². The van der Waals surface area contributed by atoms with Gasteiger partial charge in [-0.2, -0.15) is 0 Å². The van der Waals surface area contributed by atoms with Crippen LogP contribution in [0, 0.1) is 11.8 Å². The van der Waals surface area contributed by atoms with Gasteiger partial charge < -0.3 is 15.2 Å². The zero-order valence-electron chi connectivity index (χ0n) is 13.0. The molecular formula is C17H23NO4. The van der Waals surface area contributed by atoms with E-state index in [0.29, 0.717) is 11.8 Å². The molecule has 0 unspecified atom stereocenters. The second-order valence-corrected chi connectivity index (χ2v) is 6.03. The first kappa shape index (κ1) is 16.3. The van der Waals surface area contributed by atoms with Crippen molar-refractivity contribution in [3.8, 4) is 5.75 Å². The van der Waals surface area contributed by atoms with Crippen LogP contribution in [0.3, 0.4) is 0 Å². The number of phenols is 1. The average molecular weight is 305 g/mol.